The molecule has 9 heteroatoms. The minimum absolute atomic E-state index is 0.204. The summed E-state index contributed by atoms with van der Waals surface area (Å²) < 4.78 is 0. The number of fused-ring (bicyclic) bond motifs is 1. The van der Waals surface area contributed by atoms with Crippen molar-refractivity contribution in [2.75, 3.05) is 20.6 Å². The van der Waals surface area contributed by atoms with Gasteiger partial charge in [-0.15, -0.1) is 11.3 Å². The van der Waals surface area contributed by atoms with Gasteiger partial charge < -0.3 is 15.6 Å². The van der Waals surface area contributed by atoms with Crippen LogP contribution in [0.4, 0.5) is 0 Å². The van der Waals surface area contributed by atoms with Gasteiger partial charge in [-0.3, -0.25) is 15.1 Å². The monoisotopic (exact) mass is 552 g/mol. The van der Waals surface area contributed by atoms with E-state index >= 15 is 0 Å². The molecule has 0 spiro atoms. The first-order chi connectivity index (χ1) is 19.2. The average Bonchev–Trinajstić information content (AvgIpc) is 3.67. The fourth-order valence-corrected chi connectivity index (χ4v) is 5.69. The summed E-state index contributed by atoms with van der Waals surface area (Å²) in [4.78, 5) is 22.2. The Labute approximate surface area is 239 Å². The van der Waals surface area contributed by atoms with E-state index in [1.165, 1.54) is 5.56 Å². The van der Waals surface area contributed by atoms with Gasteiger partial charge in [-0.05, 0) is 81.7 Å². The predicted octanol–water partition coefficient (Wildman–Crippen LogP) is 6.47. The van der Waals surface area contributed by atoms with Crippen molar-refractivity contribution in [2.24, 2.45) is 5.73 Å². The second-order valence-electron chi connectivity index (χ2n) is 10.7. The minimum atomic E-state index is 0.204. The van der Waals surface area contributed by atoms with Crippen molar-refractivity contribution in [3.63, 3.8) is 0 Å². The normalized spacial score (nSPS) is 12.2. The SMILES string of the molecule is C=C(C)c1ccc(/C(=C/N)c2nc(-c3n[nH]c4cnc(-c5cncc(CCCN(C)C)c5)cc34)[nH]c2C(C)C)s1. The molecule has 4 N–H and O–H groups in total. The van der Waals surface area contributed by atoms with Gasteiger partial charge in [-0.1, -0.05) is 20.4 Å². The Kier molecular flexibility index (Phi) is 7.95. The Morgan fingerprint density at radius 1 is 1.15 bits per heavy atom. The van der Waals surface area contributed by atoms with Crippen molar-refractivity contribution in [1.29, 1.82) is 0 Å². The number of nitrogens with two attached hydrogens (primary N) is 1. The van der Waals surface area contributed by atoms with Gasteiger partial charge in [0.2, 0.25) is 0 Å². The van der Waals surface area contributed by atoms with Crippen LogP contribution in [0.3, 0.4) is 0 Å². The zero-order valence-electron chi connectivity index (χ0n) is 23.7. The quantitative estimate of drug-likeness (QED) is 0.183. The maximum Gasteiger partial charge on any atom is 0.159 e. The maximum absolute atomic E-state index is 6.18. The molecule has 0 saturated heterocycles. The van der Waals surface area contributed by atoms with E-state index in [0.29, 0.717) is 5.82 Å². The molecule has 0 saturated carbocycles. The lowest BCUT2D eigenvalue weighted by molar-refractivity contribution is 0.400. The summed E-state index contributed by atoms with van der Waals surface area (Å²) in [5.41, 5.74) is 14.6. The molecule has 0 bridgehead atoms. The van der Waals surface area contributed by atoms with Crippen LogP contribution in [0.15, 0.2) is 55.6 Å². The van der Waals surface area contributed by atoms with E-state index in [1.54, 1.807) is 17.5 Å². The molecule has 0 fully saturated rings. The highest BCUT2D eigenvalue weighted by Crippen LogP contribution is 2.36. The number of nitrogens with zero attached hydrogens (tertiary/aromatic N) is 5. The number of imidazole rings is 1. The van der Waals surface area contributed by atoms with E-state index in [4.69, 9.17) is 15.7 Å². The van der Waals surface area contributed by atoms with E-state index in [1.807, 2.05) is 25.5 Å². The molecule has 40 heavy (non-hydrogen) atoms. The number of rotatable bonds is 10. The fourth-order valence-electron chi connectivity index (χ4n) is 4.73. The molecule has 0 radical (unpaired) electrons. The van der Waals surface area contributed by atoms with Crippen LogP contribution < -0.4 is 5.73 Å². The van der Waals surface area contributed by atoms with E-state index in [0.717, 1.165) is 79.5 Å². The lowest BCUT2D eigenvalue weighted by Gasteiger charge is -2.09. The Bertz CT molecular complexity index is 1680. The summed E-state index contributed by atoms with van der Waals surface area (Å²) in [6.07, 6.45) is 9.32. The Morgan fingerprint density at radius 3 is 2.65 bits per heavy atom. The van der Waals surface area contributed by atoms with Crippen LogP contribution in [0.25, 0.3) is 44.8 Å². The molecule has 0 atom stereocenters. The molecule has 5 aromatic rings. The van der Waals surface area contributed by atoms with Gasteiger partial charge in [0.15, 0.2) is 5.82 Å². The van der Waals surface area contributed by atoms with Gasteiger partial charge in [0.05, 0.1) is 23.1 Å². The number of aryl methyl sites for hydroxylation is 1. The summed E-state index contributed by atoms with van der Waals surface area (Å²) in [6.45, 7) is 11.4. The number of H-pyrrole nitrogens is 2. The molecule has 0 aliphatic rings. The predicted molar refractivity (Wildman–Crippen MR) is 166 cm³/mol. The van der Waals surface area contributed by atoms with E-state index < -0.39 is 0 Å². The number of thiophene rings is 1. The van der Waals surface area contributed by atoms with Crippen LogP contribution in [0.5, 0.6) is 0 Å². The van der Waals surface area contributed by atoms with Crippen molar-refractivity contribution in [3.8, 4) is 22.8 Å². The first-order valence-electron chi connectivity index (χ1n) is 13.5. The highest BCUT2D eigenvalue weighted by Gasteiger charge is 2.22. The lowest BCUT2D eigenvalue weighted by atomic mass is 10.0. The number of pyridine rings is 2. The number of allylic oxidation sites excluding steroid dienone is 1. The number of hydrogen-bond acceptors (Lipinski definition) is 7. The maximum atomic E-state index is 6.18. The second kappa shape index (κ2) is 11.6. The minimum Gasteiger partial charge on any atom is -0.404 e. The van der Waals surface area contributed by atoms with Gasteiger partial charge in [0.25, 0.3) is 0 Å². The molecule has 206 valence electrons. The molecule has 0 aliphatic carbocycles. The van der Waals surface area contributed by atoms with Crippen molar-refractivity contribution in [2.45, 2.75) is 39.5 Å². The number of nitrogens with one attached hydrogen (secondary N) is 2. The molecular weight excluding hydrogens is 516 g/mol. The lowest BCUT2D eigenvalue weighted by Crippen LogP contribution is -2.13. The smallest absolute Gasteiger partial charge is 0.159 e. The molecule has 8 nitrogen and oxygen atoms in total. The van der Waals surface area contributed by atoms with Gasteiger partial charge >= 0.3 is 0 Å². The molecule has 5 heterocycles. The molecule has 0 aliphatic heterocycles. The number of hydrogen-bond donors (Lipinski definition) is 3. The molecular formula is C31H36N8S. The zero-order valence-corrected chi connectivity index (χ0v) is 24.6. The van der Waals surface area contributed by atoms with Crippen LogP contribution in [-0.4, -0.2) is 55.7 Å². The van der Waals surface area contributed by atoms with Gasteiger partial charge in [0, 0.05) is 50.6 Å². The molecule has 0 unspecified atom stereocenters. The molecule has 0 amide bonds. The standard InChI is InChI=1S/C31H36N8S/c1-18(2)26-9-10-27(40-26)23(14-32)29-28(19(3)4)35-31(36-29)30-22-13-24(34-17-25(22)37-38-30)21-12-20(15-33-16-21)8-7-11-39(5)6/h9-10,12-17,19H,1,7-8,11,32H2,2-6H3,(H,35,36)(H,37,38)/b23-14-. The summed E-state index contributed by atoms with van der Waals surface area (Å²) in [5, 5.41) is 8.70. The van der Waals surface area contributed by atoms with E-state index in [-0.39, 0.29) is 5.92 Å². The summed E-state index contributed by atoms with van der Waals surface area (Å²) >= 11 is 1.66. The van der Waals surface area contributed by atoms with E-state index in [2.05, 4.69) is 83.9 Å². The third-order valence-electron chi connectivity index (χ3n) is 6.86. The van der Waals surface area contributed by atoms with Crippen LogP contribution in [-0.2, 0) is 6.42 Å². The Hall–Kier alpha value is -4.08. The first kappa shape index (κ1) is 27.5. The van der Waals surface area contributed by atoms with Crippen LogP contribution in [0.2, 0.25) is 0 Å². The summed E-state index contributed by atoms with van der Waals surface area (Å²) in [7, 11) is 4.19. The second-order valence-corrected chi connectivity index (χ2v) is 11.8. The fraction of sp³-hybridized carbons (Fsp3) is 0.290. The van der Waals surface area contributed by atoms with Crippen LogP contribution in [0, 0.1) is 0 Å². The van der Waals surface area contributed by atoms with Crippen molar-refractivity contribution < 1.29 is 0 Å². The van der Waals surface area contributed by atoms with Crippen molar-refractivity contribution in [3.05, 3.63) is 82.3 Å². The number of aromatic amines is 2. The largest absolute Gasteiger partial charge is 0.404 e. The topological polar surface area (TPSA) is 112 Å². The van der Waals surface area contributed by atoms with Gasteiger partial charge in [-0.2, -0.15) is 5.10 Å². The van der Waals surface area contributed by atoms with Gasteiger partial charge in [-0.25, -0.2) is 4.98 Å². The Balaban J connectivity index is 1.52. The van der Waals surface area contributed by atoms with Crippen molar-refractivity contribution >= 4 is 33.4 Å². The zero-order chi connectivity index (χ0) is 28.4. The summed E-state index contributed by atoms with van der Waals surface area (Å²) in [5.74, 6) is 0.893. The molecule has 5 rings (SSSR count). The molecule has 5 aromatic heterocycles. The van der Waals surface area contributed by atoms with Crippen LogP contribution in [0.1, 0.15) is 59.8 Å². The Morgan fingerprint density at radius 2 is 1.95 bits per heavy atom. The van der Waals surface area contributed by atoms with E-state index in [9.17, 15) is 0 Å². The third-order valence-corrected chi connectivity index (χ3v) is 8.14. The molecule has 0 aromatic carbocycles. The van der Waals surface area contributed by atoms with Crippen molar-refractivity contribution in [1.82, 2.24) is 35.0 Å². The van der Waals surface area contributed by atoms with Gasteiger partial charge in [0.1, 0.15) is 5.69 Å². The highest BCUT2D eigenvalue weighted by molar-refractivity contribution is 7.14. The average molecular weight is 553 g/mol. The summed E-state index contributed by atoms with van der Waals surface area (Å²) in [6, 6.07) is 8.40. The number of aromatic nitrogens is 6. The third kappa shape index (κ3) is 5.61. The first-order valence-corrected chi connectivity index (χ1v) is 14.3. The van der Waals surface area contributed by atoms with Crippen LogP contribution >= 0.6 is 11.3 Å². The highest BCUT2D eigenvalue weighted by atomic mass is 32.1.